The van der Waals surface area contributed by atoms with Crippen molar-refractivity contribution in [1.82, 2.24) is 10.6 Å². The largest absolute Gasteiger partial charge is 0.393 e. The van der Waals surface area contributed by atoms with Crippen LogP contribution in [0.2, 0.25) is 0 Å². The van der Waals surface area contributed by atoms with Crippen molar-refractivity contribution < 1.29 is 5.11 Å². The normalized spacial score (nSPS) is 21.7. The van der Waals surface area contributed by atoms with Crippen LogP contribution in [0.15, 0.2) is 35.3 Å². The van der Waals surface area contributed by atoms with Crippen molar-refractivity contribution in [2.45, 2.75) is 38.8 Å². The number of hydrogen-bond donors (Lipinski definition) is 3. The molecule has 0 radical (unpaired) electrons. The third-order valence-corrected chi connectivity index (χ3v) is 3.76. The Morgan fingerprint density at radius 1 is 1.24 bits per heavy atom. The van der Waals surface area contributed by atoms with Gasteiger partial charge in [0.1, 0.15) is 0 Å². The molecule has 1 aromatic carbocycles. The van der Waals surface area contributed by atoms with Gasteiger partial charge in [-0.1, -0.05) is 36.8 Å². The predicted molar refractivity (Wildman–Crippen MR) is 98.0 cm³/mol. The summed E-state index contributed by atoms with van der Waals surface area (Å²) in [5, 5.41) is 16.4. The smallest absolute Gasteiger partial charge is 0.191 e. The first-order valence-corrected chi connectivity index (χ1v) is 7.53. The number of nitrogens with one attached hydrogen (secondary N) is 2. The lowest BCUT2D eigenvalue weighted by molar-refractivity contribution is 0.134. The van der Waals surface area contributed by atoms with Gasteiger partial charge in [0.15, 0.2) is 5.96 Å². The molecule has 1 aliphatic rings. The van der Waals surface area contributed by atoms with E-state index in [0.717, 1.165) is 38.3 Å². The molecule has 0 amide bonds. The number of rotatable bonds is 5. The van der Waals surface area contributed by atoms with E-state index in [2.05, 4.69) is 34.7 Å². The van der Waals surface area contributed by atoms with Crippen molar-refractivity contribution in [2.75, 3.05) is 13.1 Å². The van der Waals surface area contributed by atoms with Gasteiger partial charge < -0.3 is 15.7 Å². The van der Waals surface area contributed by atoms with Gasteiger partial charge in [0, 0.05) is 19.0 Å². The fourth-order valence-electron chi connectivity index (χ4n) is 2.58. The van der Waals surface area contributed by atoms with Crippen LogP contribution in [0.4, 0.5) is 0 Å². The van der Waals surface area contributed by atoms with E-state index < -0.39 is 0 Å². The van der Waals surface area contributed by atoms with Crippen molar-refractivity contribution in [3.05, 3.63) is 35.9 Å². The number of aliphatic hydroxyl groups excluding tert-OH is 1. The van der Waals surface area contributed by atoms with Gasteiger partial charge in [0.2, 0.25) is 0 Å². The highest BCUT2D eigenvalue weighted by molar-refractivity contribution is 14.0. The van der Waals surface area contributed by atoms with E-state index >= 15 is 0 Å². The van der Waals surface area contributed by atoms with E-state index in [9.17, 15) is 5.11 Å². The van der Waals surface area contributed by atoms with E-state index in [1.165, 1.54) is 5.56 Å². The highest BCUT2D eigenvalue weighted by atomic mass is 127. The molecule has 0 saturated heterocycles. The van der Waals surface area contributed by atoms with Gasteiger partial charge in [-0.15, -0.1) is 24.0 Å². The molecule has 4 nitrogen and oxygen atoms in total. The summed E-state index contributed by atoms with van der Waals surface area (Å²) in [6.45, 7) is 4.36. The van der Waals surface area contributed by atoms with Gasteiger partial charge in [0.25, 0.3) is 0 Å². The molecule has 0 bridgehead atoms. The van der Waals surface area contributed by atoms with Crippen LogP contribution in [0, 0.1) is 5.92 Å². The number of aliphatic imine (C=N–C) groups is 1. The molecule has 21 heavy (non-hydrogen) atoms. The van der Waals surface area contributed by atoms with E-state index in [-0.39, 0.29) is 30.1 Å². The third kappa shape index (κ3) is 6.22. The Morgan fingerprint density at radius 3 is 2.62 bits per heavy atom. The molecule has 0 heterocycles. The number of halogens is 1. The van der Waals surface area contributed by atoms with Crippen LogP contribution in [-0.2, 0) is 6.54 Å². The standard InChI is InChI=1S/C16H25N3O.HI/c1-2-17-16(18-11-13-7-4-3-5-8-13)19-12-14-9-6-10-15(14)20;/h3-5,7-8,14-15,20H,2,6,9-12H2,1H3,(H2,17,18,19);1H. The summed E-state index contributed by atoms with van der Waals surface area (Å²) >= 11 is 0. The fourth-order valence-corrected chi connectivity index (χ4v) is 2.58. The molecule has 3 N–H and O–H groups in total. The highest BCUT2D eigenvalue weighted by Crippen LogP contribution is 2.24. The molecule has 0 aliphatic heterocycles. The fraction of sp³-hybridized carbons (Fsp3) is 0.562. The first-order valence-electron chi connectivity index (χ1n) is 7.53. The highest BCUT2D eigenvalue weighted by Gasteiger charge is 2.24. The van der Waals surface area contributed by atoms with Crippen LogP contribution in [0.1, 0.15) is 31.7 Å². The molecule has 0 spiro atoms. The van der Waals surface area contributed by atoms with Crippen molar-refractivity contribution in [1.29, 1.82) is 0 Å². The lowest BCUT2D eigenvalue weighted by atomic mass is 10.1. The topological polar surface area (TPSA) is 56.7 Å². The number of guanidine groups is 1. The van der Waals surface area contributed by atoms with Crippen LogP contribution >= 0.6 is 24.0 Å². The number of benzene rings is 1. The molecule has 5 heteroatoms. The molecule has 1 fully saturated rings. The van der Waals surface area contributed by atoms with Gasteiger partial charge >= 0.3 is 0 Å². The third-order valence-electron chi connectivity index (χ3n) is 3.76. The minimum absolute atomic E-state index is 0. The Kier molecular flexibility index (Phi) is 8.68. The van der Waals surface area contributed by atoms with Crippen molar-refractivity contribution in [3.8, 4) is 0 Å². The zero-order chi connectivity index (χ0) is 14.2. The summed E-state index contributed by atoms with van der Waals surface area (Å²) in [6.07, 6.45) is 3.01. The maximum atomic E-state index is 9.84. The zero-order valence-electron chi connectivity index (χ0n) is 12.6. The van der Waals surface area contributed by atoms with Crippen LogP contribution in [-0.4, -0.2) is 30.3 Å². The summed E-state index contributed by atoms with van der Waals surface area (Å²) in [4.78, 5) is 4.58. The van der Waals surface area contributed by atoms with Gasteiger partial charge in [-0.3, -0.25) is 0 Å². The average Bonchev–Trinajstić information content (AvgIpc) is 2.88. The van der Waals surface area contributed by atoms with Gasteiger partial charge in [-0.05, 0) is 25.3 Å². The minimum Gasteiger partial charge on any atom is -0.393 e. The molecular formula is C16H26IN3O. The SMILES string of the molecule is CCNC(=NCc1ccccc1)NCC1CCCC1O.I. The molecule has 0 aromatic heterocycles. The Labute approximate surface area is 144 Å². The summed E-state index contributed by atoms with van der Waals surface area (Å²) in [5.74, 6) is 1.19. The zero-order valence-corrected chi connectivity index (χ0v) is 14.9. The second-order valence-corrected chi connectivity index (χ2v) is 5.32. The summed E-state index contributed by atoms with van der Waals surface area (Å²) in [7, 11) is 0. The molecule has 1 aromatic rings. The van der Waals surface area contributed by atoms with Crippen molar-refractivity contribution in [3.63, 3.8) is 0 Å². The quantitative estimate of drug-likeness (QED) is 0.402. The summed E-state index contributed by atoms with van der Waals surface area (Å²) in [5.41, 5.74) is 1.20. The Morgan fingerprint density at radius 2 is 2.00 bits per heavy atom. The molecule has 1 saturated carbocycles. The number of aliphatic hydroxyl groups is 1. The maximum absolute atomic E-state index is 9.84. The Hall–Kier alpha value is -0.820. The van der Waals surface area contributed by atoms with E-state index in [0.29, 0.717) is 12.5 Å². The average molecular weight is 403 g/mol. The van der Waals surface area contributed by atoms with Crippen molar-refractivity contribution in [2.24, 2.45) is 10.9 Å². The lowest BCUT2D eigenvalue weighted by Crippen LogP contribution is -2.41. The van der Waals surface area contributed by atoms with Gasteiger partial charge in [0.05, 0.1) is 12.6 Å². The second kappa shape index (κ2) is 10.00. The van der Waals surface area contributed by atoms with Crippen LogP contribution in [0.25, 0.3) is 0 Å². The van der Waals surface area contributed by atoms with E-state index in [1.54, 1.807) is 0 Å². The monoisotopic (exact) mass is 403 g/mol. The van der Waals surface area contributed by atoms with E-state index in [4.69, 9.17) is 0 Å². The molecule has 2 unspecified atom stereocenters. The minimum atomic E-state index is -0.153. The predicted octanol–water partition coefficient (Wildman–Crippen LogP) is 2.52. The molecular weight excluding hydrogens is 377 g/mol. The first-order chi connectivity index (χ1) is 9.79. The summed E-state index contributed by atoms with van der Waals surface area (Å²) in [6, 6.07) is 10.2. The maximum Gasteiger partial charge on any atom is 0.191 e. The van der Waals surface area contributed by atoms with Gasteiger partial charge in [-0.25, -0.2) is 4.99 Å². The first kappa shape index (κ1) is 18.2. The number of hydrogen-bond acceptors (Lipinski definition) is 2. The van der Waals surface area contributed by atoms with E-state index in [1.807, 2.05) is 18.2 Å². The molecule has 118 valence electrons. The Balaban J connectivity index is 0.00000220. The molecule has 2 atom stereocenters. The molecule has 2 rings (SSSR count). The summed E-state index contributed by atoms with van der Waals surface area (Å²) < 4.78 is 0. The van der Waals surface area contributed by atoms with Gasteiger partial charge in [-0.2, -0.15) is 0 Å². The van der Waals surface area contributed by atoms with Crippen LogP contribution in [0.5, 0.6) is 0 Å². The van der Waals surface area contributed by atoms with Crippen molar-refractivity contribution >= 4 is 29.9 Å². The molecule has 1 aliphatic carbocycles. The van der Waals surface area contributed by atoms with Crippen LogP contribution in [0.3, 0.4) is 0 Å². The lowest BCUT2D eigenvalue weighted by Gasteiger charge is -2.17. The van der Waals surface area contributed by atoms with Crippen LogP contribution < -0.4 is 10.6 Å². The second-order valence-electron chi connectivity index (χ2n) is 5.32. The Bertz CT molecular complexity index is 425. The number of nitrogens with zero attached hydrogens (tertiary/aromatic N) is 1.